The highest BCUT2D eigenvalue weighted by molar-refractivity contribution is 6.10. The first-order chi connectivity index (χ1) is 16.8. The number of pyridine rings is 2. The third-order valence-corrected chi connectivity index (χ3v) is 6.80. The van der Waals surface area contributed by atoms with Gasteiger partial charge >= 0.3 is 0 Å². The molecule has 4 N–H and O–H groups in total. The van der Waals surface area contributed by atoms with Crippen LogP contribution in [-0.4, -0.2) is 49.9 Å². The van der Waals surface area contributed by atoms with Crippen molar-refractivity contribution in [1.82, 2.24) is 25.0 Å². The zero-order chi connectivity index (χ0) is 24.7. The second-order valence-corrected chi connectivity index (χ2v) is 9.64. The molecule has 1 fully saturated rings. The summed E-state index contributed by atoms with van der Waals surface area (Å²) in [5, 5.41) is 8.09. The van der Waals surface area contributed by atoms with Gasteiger partial charge in [0.05, 0.1) is 12.2 Å². The predicted octanol–water partition coefficient (Wildman–Crippen LogP) is 2.97. The minimum absolute atomic E-state index is 0.0552. The molecule has 0 saturated carbocycles. The van der Waals surface area contributed by atoms with Gasteiger partial charge in [-0.05, 0) is 29.5 Å². The van der Waals surface area contributed by atoms with Gasteiger partial charge in [0, 0.05) is 61.6 Å². The summed E-state index contributed by atoms with van der Waals surface area (Å²) in [7, 11) is 0. The first kappa shape index (κ1) is 23.0. The zero-order valence-corrected chi connectivity index (χ0v) is 20.1. The number of furan rings is 1. The standard InChI is InChI=1S/C25H30N8O2/c1-14(2)16-9-21-23(29-11-16)22(25(27)35-21)20(34)8-17-10-28-5-4-19(17)32-12-15(3)24(18(26)13-32)33-7-6-30-31-33/h4-7,9-11,14-15,18,24H,8,12-13,26-27H2,1-3H3/t15-,18+,24-/m0/s1. The number of ketones is 1. The molecule has 1 aliphatic heterocycles. The summed E-state index contributed by atoms with van der Waals surface area (Å²) in [5.41, 5.74) is 16.8. The van der Waals surface area contributed by atoms with Gasteiger partial charge in [0.15, 0.2) is 11.4 Å². The van der Waals surface area contributed by atoms with Crippen LogP contribution in [0.3, 0.4) is 0 Å². The Balaban J connectivity index is 1.41. The van der Waals surface area contributed by atoms with Crippen LogP contribution in [0.1, 0.15) is 54.2 Å². The Morgan fingerprint density at radius 2 is 2.09 bits per heavy atom. The minimum atomic E-state index is -0.157. The molecule has 4 aromatic rings. The fourth-order valence-electron chi connectivity index (χ4n) is 5.07. The lowest BCUT2D eigenvalue weighted by Crippen LogP contribution is -2.53. The van der Waals surface area contributed by atoms with Crippen LogP contribution < -0.4 is 16.4 Å². The molecular formula is C25H30N8O2. The Bertz CT molecular complexity index is 1340. The summed E-state index contributed by atoms with van der Waals surface area (Å²) >= 11 is 0. The third kappa shape index (κ3) is 4.25. The molecule has 10 nitrogen and oxygen atoms in total. The third-order valence-electron chi connectivity index (χ3n) is 6.80. The molecule has 5 heterocycles. The molecule has 0 radical (unpaired) electrons. The largest absolute Gasteiger partial charge is 0.438 e. The van der Waals surface area contributed by atoms with E-state index in [0.717, 1.165) is 23.4 Å². The van der Waals surface area contributed by atoms with E-state index in [4.69, 9.17) is 15.9 Å². The first-order valence-corrected chi connectivity index (χ1v) is 11.8. The Morgan fingerprint density at radius 3 is 2.80 bits per heavy atom. The number of hydrogen-bond acceptors (Lipinski definition) is 9. The highest BCUT2D eigenvalue weighted by atomic mass is 16.3. The molecule has 0 aromatic carbocycles. The van der Waals surface area contributed by atoms with E-state index < -0.39 is 0 Å². The number of carbonyl (C=O) groups excluding carboxylic acids is 1. The number of carbonyl (C=O) groups is 1. The molecule has 0 bridgehead atoms. The lowest BCUT2D eigenvalue weighted by molar-refractivity contribution is 0.0994. The van der Waals surface area contributed by atoms with Gasteiger partial charge in [-0.25, -0.2) is 4.68 Å². The van der Waals surface area contributed by atoms with Crippen molar-refractivity contribution in [1.29, 1.82) is 0 Å². The summed E-state index contributed by atoms with van der Waals surface area (Å²) < 4.78 is 7.55. The summed E-state index contributed by atoms with van der Waals surface area (Å²) in [6.45, 7) is 7.69. The van der Waals surface area contributed by atoms with E-state index >= 15 is 0 Å². The van der Waals surface area contributed by atoms with Crippen LogP contribution in [0.2, 0.25) is 0 Å². The minimum Gasteiger partial charge on any atom is -0.438 e. The normalized spacial score (nSPS) is 20.6. The maximum atomic E-state index is 13.4. The van der Waals surface area contributed by atoms with E-state index in [0.29, 0.717) is 23.2 Å². The van der Waals surface area contributed by atoms with Gasteiger partial charge in [-0.15, -0.1) is 5.10 Å². The lowest BCUT2D eigenvalue weighted by atomic mass is 9.89. The number of rotatable bonds is 6. The van der Waals surface area contributed by atoms with Crippen LogP contribution in [-0.2, 0) is 6.42 Å². The maximum Gasteiger partial charge on any atom is 0.204 e. The Labute approximate surface area is 203 Å². The molecule has 3 atom stereocenters. The molecule has 0 spiro atoms. The van der Waals surface area contributed by atoms with Crippen molar-refractivity contribution in [2.75, 3.05) is 23.7 Å². The van der Waals surface area contributed by atoms with Gasteiger partial charge in [-0.1, -0.05) is 26.0 Å². The fraction of sp³-hybridized carbons (Fsp3) is 0.400. The van der Waals surface area contributed by atoms with Crippen LogP contribution in [0.5, 0.6) is 0 Å². The van der Waals surface area contributed by atoms with E-state index in [9.17, 15) is 4.79 Å². The van der Waals surface area contributed by atoms with Gasteiger partial charge in [0.2, 0.25) is 5.88 Å². The van der Waals surface area contributed by atoms with Gasteiger partial charge in [0.1, 0.15) is 11.1 Å². The van der Waals surface area contributed by atoms with Gasteiger partial charge in [-0.2, -0.15) is 0 Å². The molecule has 10 heteroatoms. The highest BCUT2D eigenvalue weighted by Gasteiger charge is 2.35. The fourth-order valence-corrected chi connectivity index (χ4v) is 5.07. The Hall–Kier alpha value is -3.79. The molecule has 1 aliphatic rings. The number of Topliss-reactive ketones (excluding diaryl/α,β-unsaturated/α-hetero) is 1. The van der Waals surface area contributed by atoms with E-state index in [1.54, 1.807) is 24.8 Å². The average molecular weight is 475 g/mol. The van der Waals surface area contributed by atoms with Gasteiger partial charge in [0.25, 0.3) is 0 Å². The van der Waals surface area contributed by atoms with Crippen LogP contribution in [0.15, 0.2) is 47.5 Å². The van der Waals surface area contributed by atoms with Crippen molar-refractivity contribution < 1.29 is 9.21 Å². The number of piperidine rings is 1. The Kier molecular flexibility index (Phi) is 5.98. The Morgan fingerprint density at radius 1 is 1.26 bits per heavy atom. The number of anilines is 2. The molecule has 4 aromatic heterocycles. The molecule has 35 heavy (non-hydrogen) atoms. The molecule has 0 aliphatic carbocycles. The number of aromatic nitrogens is 5. The van der Waals surface area contributed by atoms with E-state index in [2.05, 4.69) is 46.0 Å². The molecule has 1 saturated heterocycles. The second kappa shape index (κ2) is 9.10. The van der Waals surface area contributed by atoms with Crippen molar-refractivity contribution in [3.8, 4) is 0 Å². The molecule has 182 valence electrons. The predicted molar refractivity (Wildman–Crippen MR) is 133 cm³/mol. The molecule has 0 unspecified atom stereocenters. The second-order valence-electron chi connectivity index (χ2n) is 9.64. The topological polar surface area (TPSA) is 142 Å². The smallest absolute Gasteiger partial charge is 0.204 e. The van der Waals surface area contributed by atoms with E-state index in [1.807, 2.05) is 23.0 Å². The summed E-state index contributed by atoms with van der Waals surface area (Å²) in [5.74, 6) is 0.450. The SMILES string of the molecule is CC(C)c1cnc2c(C(=O)Cc3cnccc3N3C[C@@H](N)[C@@H](n4ccnn4)[C@@H](C)C3)c(N)oc2c1. The lowest BCUT2D eigenvalue weighted by Gasteiger charge is -2.42. The number of nitrogens with two attached hydrogens (primary N) is 2. The van der Waals surface area contributed by atoms with Crippen molar-refractivity contribution in [2.24, 2.45) is 11.7 Å². The molecule has 5 rings (SSSR count). The van der Waals surface area contributed by atoms with Gasteiger partial charge in [-0.3, -0.25) is 14.8 Å². The summed E-state index contributed by atoms with van der Waals surface area (Å²) in [4.78, 5) is 24.4. The zero-order valence-electron chi connectivity index (χ0n) is 20.1. The quantitative estimate of drug-likeness (QED) is 0.403. The highest BCUT2D eigenvalue weighted by Crippen LogP contribution is 2.33. The van der Waals surface area contributed by atoms with Crippen molar-refractivity contribution in [3.63, 3.8) is 0 Å². The van der Waals surface area contributed by atoms with E-state index in [1.165, 1.54) is 0 Å². The summed E-state index contributed by atoms with van der Waals surface area (Å²) in [6.07, 6.45) is 8.89. The monoisotopic (exact) mass is 474 g/mol. The maximum absolute atomic E-state index is 13.4. The summed E-state index contributed by atoms with van der Waals surface area (Å²) in [6, 6.07) is 3.74. The molecular weight excluding hydrogens is 444 g/mol. The van der Waals surface area contributed by atoms with Crippen LogP contribution >= 0.6 is 0 Å². The van der Waals surface area contributed by atoms with Crippen LogP contribution in [0, 0.1) is 5.92 Å². The number of fused-ring (bicyclic) bond motifs is 1. The number of nitrogens with zero attached hydrogens (tertiary/aromatic N) is 6. The van der Waals surface area contributed by atoms with Crippen molar-refractivity contribution in [3.05, 3.63) is 59.8 Å². The van der Waals surface area contributed by atoms with Crippen molar-refractivity contribution in [2.45, 2.75) is 45.2 Å². The van der Waals surface area contributed by atoms with Crippen LogP contribution in [0.4, 0.5) is 11.6 Å². The molecule has 0 amide bonds. The number of hydrogen-bond donors (Lipinski definition) is 2. The number of nitrogen functional groups attached to an aromatic ring is 1. The average Bonchev–Trinajstić information content (AvgIpc) is 3.45. The first-order valence-electron chi connectivity index (χ1n) is 11.8. The van der Waals surface area contributed by atoms with E-state index in [-0.39, 0.29) is 42.0 Å². The van der Waals surface area contributed by atoms with Crippen molar-refractivity contribution >= 4 is 28.5 Å². The van der Waals surface area contributed by atoms with Gasteiger partial charge < -0.3 is 20.8 Å². The van der Waals surface area contributed by atoms with Crippen LogP contribution in [0.25, 0.3) is 11.1 Å².